The number of anilines is 1. The molecule has 2 aromatic rings. The maximum absolute atomic E-state index is 12.3. The van der Waals surface area contributed by atoms with E-state index in [-0.39, 0.29) is 11.8 Å². The number of nitrogens with zero attached hydrogens (tertiary/aromatic N) is 1. The van der Waals surface area contributed by atoms with E-state index in [9.17, 15) is 4.79 Å². The lowest BCUT2D eigenvalue weighted by atomic mass is 9.98. The quantitative estimate of drug-likeness (QED) is 0.914. The third-order valence-corrected chi connectivity index (χ3v) is 4.02. The molecule has 1 amide bonds. The maximum atomic E-state index is 12.3. The van der Waals surface area contributed by atoms with Crippen molar-refractivity contribution in [2.24, 2.45) is 5.92 Å². The van der Waals surface area contributed by atoms with Crippen LogP contribution in [0.1, 0.15) is 24.1 Å². The molecule has 0 bridgehead atoms. The van der Waals surface area contributed by atoms with Gasteiger partial charge in [-0.3, -0.25) is 4.79 Å². The number of aromatic nitrogens is 1. The SMILES string of the molecule is Cc1coc(-c2cc(NC(=O)C3CCCNC3)ccc2C)n1. The van der Waals surface area contributed by atoms with Gasteiger partial charge in [-0.2, -0.15) is 0 Å². The Kier molecular flexibility index (Phi) is 4.24. The minimum Gasteiger partial charge on any atom is -0.444 e. The molecule has 22 heavy (non-hydrogen) atoms. The first-order valence-electron chi connectivity index (χ1n) is 7.68. The molecule has 1 unspecified atom stereocenters. The number of rotatable bonds is 3. The Morgan fingerprint density at radius 2 is 2.27 bits per heavy atom. The highest BCUT2D eigenvalue weighted by atomic mass is 16.3. The molecule has 1 aliphatic heterocycles. The van der Waals surface area contributed by atoms with Crippen LogP contribution in [-0.4, -0.2) is 24.0 Å². The van der Waals surface area contributed by atoms with E-state index in [0.29, 0.717) is 5.89 Å². The smallest absolute Gasteiger partial charge is 0.228 e. The van der Waals surface area contributed by atoms with Crippen molar-refractivity contribution in [3.63, 3.8) is 0 Å². The molecular formula is C17H21N3O2. The summed E-state index contributed by atoms with van der Waals surface area (Å²) in [5, 5.41) is 6.27. The highest BCUT2D eigenvalue weighted by Gasteiger charge is 2.21. The van der Waals surface area contributed by atoms with Gasteiger partial charge in [0.25, 0.3) is 0 Å². The lowest BCUT2D eigenvalue weighted by Gasteiger charge is -2.22. The molecule has 1 fully saturated rings. The fourth-order valence-corrected chi connectivity index (χ4v) is 2.73. The number of piperidine rings is 1. The molecule has 0 saturated carbocycles. The monoisotopic (exact) mass is 299 g/mol. The second-order valence-corrected chi connectivity index (χ2v) is 5.86. The third kappa shape index (κ3) is 3.20. The number of nitrogens with one attached hydrogen (secondary N) is 2. The van der Waals surface area contributed by atoms with Crippen molar-refractivity contribution in [1.82, 2.24) is 10.3 Å². The molecular weight excluding hydrogens is 278 g/mol. The number of benzene rings is 1. The summed E-state index contributed by atoms with van der Waals surface area (Å²) >= 11 is 0. The van der Waals surface area contributed by atoms with Gasteiger partial charge < -0.3 is 15.1 Å². The van der Waals surface area contributed by atoms with Crippen molar-refractivity contribution in [3.05, 3.63) is 35.7 Å². The van der Waals surface area contributed by atoms with E-state index in [0.717, 1.165) is 48.4 Å². The van der Waals surface area contributed by atoms with Gasteiger partial charge in [0.1, 0.15) is 6.26 Å². The molecule has 5 nitrogen and oxygen atoms in total. The summed E-state index contributed by atoms with van der Waals surface area (Å²) in [6.45, 7) is 5.65. The molecule has 3 rings (SSSR count). The van der Waals surface area contributed by atoms with E-state index >= 15 is 0 Å². The van der Waals surface area contributed by atoms with E-state index in [1.165, 1.54) is 0 Å². The Bertz CT molecular complexity index is 672. The van der Waals surface area contributed by atoms with Gasteiger partial charge in [0.15, 0.2) is 0 Å². The van der Waals surface area contributed by atoms with Crippen LogP contribution in [0.15, 0.2) is 28.9 Å². The average molecular weight is 299 g/mol. The minimum atomic E-state index is 0.0440. The molecule has 5 heteroatoms. The van der Waals surface area contributed by atoms with Gasteiger partial charge in [0.2, 0.25) is 11.8 Å². The van der Waals surface area contributed by atoms with Gasteiger partial charge in [0.05, 0.1) is 11.6 Å². The lowest BCUT2D eigenvalue weighted by molar-refractivity contribution is -0.120. The molecule has 1 aliphatic rings. The van der Waals surface area contributed by atoms with Gasteiger partial charge in [-0.1, -0.05) is 6.07 Å². The Morgan fingerprint density at radius 1 is 1.41 bits per heavy atom. The van der Waals surface area contributed by atoms with Crippen molar-refractivity contribution in [2.45, 2.75) is 26.7 Å². The highest BCUT2D eigenvalue weighted by Crippen LogP contribution is 2.26. The van der Waals surface area contributed by atoms with E-state index in [2.05, 4.69) is 15.6 Å². The van der Waals surface area contributed by atoms with Crippen LogP contribution in [0.3, 0.4) is 0 Å². The fourth-order valence-electron chi connectivity index (χ4n) is 2.73. The van der Waals surface area contributed by atoms with Crippen molar-refractivity contribution in [2.75, 3.05) is 18.4 Å². The summed E-state index contributed by atoms with van der Waals surface area (Å²) in [6.07, 6.45) is 3.62. The number of carbonyl (C=O) groups is 1. The summed E-state index contributed by atoms with van der Waals surface area (Å²) in [7, 11) is 0. The van der Waals surface area contributed by atoms with Crippen LogP contribution in [0.4, 0.5) is 5.69 Å². The van der Waals surface area contributed by atoms with Gasteiger partial charge in [-0.15, -0.1) is 0 Å². The minimum absolute atomic E-state index is 0.0440. The summed E-state index contributed by atoms with van der Waals surface area (Å²) in [4.78, 5) is 16.7. The standard InChI is InChI=1S/C17H21N3O2/c1-11-5-6-14(8-15(11)17-19-12(2)10-22-17)20-16(21)13-4-3-7-18-9-13/h5-6,8,10,13,18H,3-4,7,9H2,1-2H3,(H,20,21). The molecule has 1 aromatic heterocycles. The molecule has 0 aliphatic carbocycles. The van der Waals surface area contributed by atoms with Gasteiger partial charge in [-0.05, 0) is 50.9 Å². The molecule has 1 saturated heterocycles. The van der Waals surface area contributed by atoms with E-state index < -0.39 is 0 Å². The first-order chi connectivity index (χ1) is 10.6. The van der Waals surface area contributed by atoms with Crippen LogP contribution in [0.25, 0.3) is 11.5 Å². The van der Waals surface area contributed by atoms with E-state index in [1.54, 1.807) is 6.26 Å². The van der Waals surface area contributed by atoms with E-state index in [1.807, 2.05) is 32.0 Å². The van der Waals surface area contributed by atoms with Crippen LogP contribution in [0.5, 0.6) is 0 Å². The van der Waals surface area contributed by atoms with Gasteiger partial charge in [0, 0.05) is 17.8 Å². The third-order valence-electron chi connectivity index (χ3n) is 4.02. The Hall–Kier alpha value is -2.14. The van der Waals surface area contributed by atoms with E-state index in [4.69, 9.17) is 4.42 Å². The largest absolute Gasteiger partial charge is 0.444 e. The van der Waals surface area contributed by atoms with Crippen LogP contribution < -0.4 is 10.6 Å². The van der Waals surface area contributed by atoms with Gasteiger partial charge in [-0.25, -0.2) is 4.98 Å². The number of hydrogen-bond acceptors (Lipinski definition) is 4. The maximum Gasteiger partial charge on any atom is 0.228 e. The summed E-state index contributed by atoms with van der Waals surface area (Å²) < 4.78 is 5.47. The molecule has 0 radical (unpaired) electrons. The number of oxazole rings is 1. The van der Waals surface area contributed by atoms with Crippen molar-refractivity contribution >= 4 is 11.6 Å². The second kappa shape index (κ2) is 6.32. The Labute approximate surface area is 130 Å². The lowest BCUT2D eigenvalue weighted by Crippen LogP contribution is -2.37. The van der Waals surface area contributed by atoms with Crippen LogP contribution >= 0.6 is 0 Å². The van der Waals surface area contributed by atoms with Crippen LogP contribution in [-0.2, 0) is 4.79 Å². The normalized spacial score (nSPS) is 18.2. The molecule has 1 atom stereocenters. The molecule has 2 N–H and O–H groups in total. The molecule has 116 valence electrons. The zero-order valence-electron chi connectivity index (χ0n) is 13.0. The summed E-state index contributed by atoms with van der Waals surface area (Å²) in [5.74, 6) is 0.707. The zero-order valence-corrected chi connectivity index (χ0v) is 13.0. The van der Waals surface area contributed by atoms with Gasteiger partial charge >= 0.3 is 0 Å². The Balaban J connectivity index is 1.78. The van der Waals surface area contributed by atoms with Crippen LogP contribution in [0.2, 0.25) is 0 Å². The van der Waals surface area contributed by atoms with Crippen molar-refractivity contribution in [3.8, 4) is 11.5 Å². The first-order valence-corrected chi connectivity index (χ1v) is 7.68. The number of amides is 1. The summed E-state index contributed by atoms with van der Waals surface area (Å²) in [5.41, 5.74) is 3.61. The molecule has 2 heterocycles. The number of carbonyl (C=O) groups excluding carboxylic acids is 1. The summed E-state index contributed by atoms with van der Waals surface area (Å²) in [6, 6.07) is 5.82. The van der Waals surface area contributed by atoms with Crippen LogP contribution in [0, 0.1) is 19.8 Å². The van der Waals surface area contributed by atoms with Crippen molar-refractivity contribution < 1.29 is 9.21 Å². The number of aryl methyl sites for hydroxylation is 2. The van der Waals surface area contributed by atoms with Crippen molar-refractivity contribution in [1.29, 1.82) is 0 Å². The highest BCUT2D eigenvalue weighted by molar-refractivity contribution is 5.93. The first kappa shape index (κ1) is 14.8. The molecule has 0 spiro atoms. The fraction of sp³-hybridized carbons (Fsp3) is 0.412. The predicted molar refractivity (Wildman–Crippen MR) is 85.6 cm³/mol. The average Bonchev–Trinajstić information content (AvgIpc) is 2.96. The zero-order chi connectivity index (χ0) is 15.5. The molecule has 1 aromatic carbocycles. The predicted octanol–water partition coefficient (Wildman–Crippen LogP) is 2.90. The number of hydrogen-bond donors (Lipinski definition) is 2. The Morgan fingerprint density at radius 3 is 2.95 bits per heavy atom. The second-order valence-electron chi connectivity index (χ2n) is 5.86. The topological polar surface area (TPSA) is 67.2 Å².